The van der Waals surface area contributed by atoms with Crippen molar-refractivity contribution in [1.29, 1.82) is 0 Å². The SMILES string of the molecule is CCCCCCCCC/C=C/[N+](C(CC)C(=O)O)(C(CC)C(=O)O)C(CC)C(=O)O. The van der Waals surface area contributed by atoms with Crippen LogP contribution in [0.5, 0.6) is 0 Å². The van der Waals surface area contributed by atoms with E-state index in [1.54, 1.807) is 33.0 Å². The normalized spacial score (nSPS) is 16.7. The van der Waals surface area contributed by atoms with Gasteiger partial charge in [0, 0.05) is 19.3 Å². The summed E-state index contributed by atoms with van der Waals surface area (Å²) in [7, 11) is 0. The molecule has 7 heteroatoms. The molecule has 0 aliphatic rings. The summed E-state index contributed by atoms with van der Waals surface area (Å²) >= 11 is 0. The molecule has 0 spiro atoms. The first-order valence-corrected chi connectivity index (χ1v) is 11.5. The van der Waals surface area contributed by atoms with Crippen LogP contribution < -0.4 is 0 Å². The predicted octanol–water partition coefficient (Wildman–Crippen LogP) is 5.05. The highest BCUT2D eigenvalue weighted by Crippen LogP contribution is 2.32. The van der Waals surface area contributed by atoms with Gasteiger partial charge in [0.25, 0.3) is 0 Å². The van der Waals surface area contributed by atoms with Crippen LogP contribution in [0, 0.1) is 0 Å². The van der Waals surface area contributed by atoms with Gasteiger partial charge >= 0.3 is 17.9 Å². The highest BCUT2D eigenvalue weighted by atomic mass is 16.4. The summed E-state index contributed by atoms with van der Waals surface area (Å²) in [5.74, 6) is -3.51. The van der Waals surface area contributed by atoms with E-state index in [0.29, 0.717) is 6.42 Å². The standard InChI is InChI=1S/C23H41NO6/c1-5-9-10-11-12-13-14-15-16-17-24(18(6-2)21(25)26,19(7-3)22(27)28)20(8-4)23(29)30/h16-20H,5-15H2,1-4H3,(H2-,25,26,27,28,29,30)/p+1/b17-16+. The number of carboxylic acids is 3. The maximum atomic E-state index is 12.1. The summed E-state index contributed by atoms with van der Waals surface area (Å²) in [5.41, 5.74) is 0. The van der Waals surface area contributed by atoms with Gasteiger partial charge in [-0.3, -0.25) is 4.48 Å². The quantitative estimate of drug-likeness (QED) is 0.208. The Morgan fingerprint density at radius 2 is 1.03 bits per heavy atom. The number of carboxylic acid groups (broad SMARTS) is 3. The van der Waals surface area contributed by atoms with Crippen molar-refractivity contribution in [1.82, 2.24) is 0 Å². The van der Waals surface area contributed by atoms with Gasteiger partial charge in [0.05, 0.1) is 6.20 Å². The van der Waals surface area contributed by atoms with Crippen molar-refractivity contribution in [2.45, 2.75) is 116 Å². The van der Waals surface area contributed by atoms with E-state index in [4.69, 9.17) is 0 Å². The number of rotatable bonds is 18. The number of allylic oxidation sites excluding steroid dienone is 1. The van der Waals surface area contributed by atoms with E-state index >= 15 is 0 Å². The number of quaternary nitrogens is 1. The molecule has 0 aromatic rings. The predicted molar refractivity (Wildman–Crippen MR) is 117 cm³/mol. The number of unbranched alkanes of at least 4 members (excludes halogenated alkanes) is 7. The van der Waals surface area contributed by atoms with Crippen LogP contribution in [0.15, 0.2) is 12.3 Å². The molecule has 0 aromatic carbocycles. The number of nitrogens with zero attached hydrogens (tertiary/aromatic N) is 1. The van der Waals surface area contributed by atoms with Crippen LogP contribution in [-0.4, -0.2) is 55.8 Å². The molecule has 0 aliphatic carbocycles. The zero-order chi connectivity index (χ0) is 23.2. The fourth-order valence-electron chi connectivity index (χ4n) is 4.49. The maximum Gasteiger partial charge on any atom is 0.362 e. The molecule has 30 heavy (non-hydrogen) atoms. The molecule has 3 N–H and O–H groups in total. The second-order valence-electron chi connectivity index (χ2n) is 7.98. The van der Waals surface area contributed by atoms with Crippen LogP contribution in [0.2, 0.25) is 0 Å². The van der Waals surface area contributed by atoms with Crippen LogP contribution in [0.4, 0.5) is 0 Å². The Balaban J connectivity index is 5.80. The number of hydrogen-bond donors (Lipinski definition) is 3. The van der Waals surface area contributed by atoms with Crippen molar-refractivity contribution < 1.29 is 34.2 Å². The van der Waals surface area contributed by atoms with Gasteiger partial charge in [0.15, 0.2) is 18.1 Å². The lowest BCUT2D eigenvalue weighted by atomic mass is 9.95. The van der Waals surface area contributed by atoms with Crippen LogP contribution in [0.1, 0.15) is 98.3 Å². The summed E-state index contributed by atoms with van der Waals surface area (Å²) in [5, 5.41) is 29.6. The second kappa shape index (κ2) is 15.0. The van der Waals surface area contributed by atoms with Gasteiger partial charge in [-0.15, -0.1) is 0 Å². The Labute approximate surface area is 181 Å². The van der Waals surface area contributed by atoms with Gasteiger partial charge in [-0.1, -0.05) is 66.2 Å². The number of hydrogen-bond acceptors (Lipinski definition) is 3. The monoisotopic (exact) mass is 428 g/mol. The van der Waals surface area contributed by atoms with Crippen molar-refractivity contribution >= 4 is 17.9 Å². The molecule has 0 fully saturated rings. The van der Waals surface area contributed by atoms with Crippen molar-refractivity contribution in [2.75, 3.05) is 0 Å². The lowest BCUT2D eigenvalue weighted by molar-refractivity contribution is -0.927. The minimum atomic E-state index is -1.17. The largest absolute Gasteiger partial charge is 0.477 e. The molecule has 0 radical (unpaired) electrons. The summed E-state index contributed by atoms with van der Waals surface area (Å²) in [6.07, 6.45) is 12.5. The van der Waals surface area contributed by atoms with E-state index in [9.17, 15) is 29.7 Å². The lowest BCUT2D eigenvalue weighted by Crippen LogP contribution is -2.69. The molecule has 0 saturated heterocycles. The van der Waals surface area contributed by atoms with Crippen LogP contribution in [0.3, 0.4) is 0 Å². The first-order chi connectivity index (χ1) is 14.2. The highest BCUT2D eigenvalue weighted by Gasteiger charge is 2.55. The molecule has 3 atom stereocenters. The Morgan fingerprint density at radius 1 is 0.667 bits per heavy atom. The molecule has 0 bridgehead atoms. The third-order valence-electron chi connectivity index (χ3n) is 5.97. The molecule has 0 aromatic heterocycles. The van der Waals surface area contributed by atoms with Gasteiger partial charge < -0.3 is 15.3 Å². The van der Waals surface area contributed by atoms with Gasteiger partial charge in [0.1, 0.15) is 0 Å². The molecule has 0 aliphatic heterocycles. The fraction of sp³-hybridized carbons (Fsp3) is 0.783. The van der Waals surface area contributed by atoms with Crippen molar-refractivity contribution in [3.05, 3.63) is 12.3 Å². The van der Waals surface area contributed by atoms with Crippen LogP contribution in [-0.2, 0) is 14.4 Å². The van der Waals surface area contributed by atoms with E-state index in [0.717, 1.165) is 19.3 Å². The molecular weight excluding hydrogens is 386 g/mol. The molecule has 174 valence electrons. The smallest absolute Gasteiger partial charge is 0.362 e. The summed E-state index contributed by atoms with van der Waals surface area (Å²) in [6, 6.07) is -3.42. The van der Waals surface area contributed by atoms with Gasteiger partial charge in [-0.2, -0.15) is 0 Å². The molecule has 0 saturated carbocycles. The van der Waals surface area contributed by atoms with Crippen LogP contribution >= 0.6 is 0 Å². The van der Waals surface area contributed by atoms with E-state index in [1.807, 2.05) is 0 Å². The molecule has 0 rings (SSSR count). The average molecular weight is 429 g/mol. The second-order valence-corrected chi connectivity index (χ2v) is 7.98. The first-order valence-electron chi connectivity index (χ1n) is 11.5. The van der Waals surface area contributed by atoms with E-state index < -0.39 is 40.5 Å². The summed E-state index contributed by atoms with van der Waals surface area (Å²) in [4.78, 5) is 36.3. The third-order valence-corrected chi connectivity index (χ3v) is 5.97. The summed E-state index contributed by atoms with van der Waals surface area (Å²) in [6.45, 7) is 7.18. The van der Waals surface area contributed by atoms with Crippen molar-refractivity contribution in [3.8, 4) is 0 Å². The van der Waals surface area contributed by atoms with Gasteiger partial charge in [-0.25, -0.2) is 14.4 Å². The third kappa shape index (κ3) is 7.74. The first kappa shape index (κ1) is 28.1. The van der Waals surface area contributed by atoms with Gasteiger partial charge in [0.2, 0.25) is 0 Å². The molecule has 0 amide bonds. The van der Waals surface area contributed by atoms with Gasteiger partial charge in [-0.05, 0) is 18.9 Å². The van der Waals surface area contributed by atoms with E-state index in [-0.39, 0.29) is 19.3 Å². The number of aliphatic carboxylic acids is 3. The summed E-state index contributed by atoms with van der Waals surface area (Å²) < 4.78 is -0.583. The van der Waals surface area contributed by atoms with Crippen molar-refractivity contribution in [2.24, 2.45) is 0 Å². The fourth-order valence-corrected chi connectivity index (χ4v) is 4.49. The van der Waals surface area contributed by atoms with E-state index in [2.05, 4.69) is 6.92 Å². The molecule has 0 heterocycles. The maximum absolute atomic E-state index is 12.1. The number of carbonyl (C=O) groups is 3. The zero-order valence-corrected chi connectivity index (χ0v) is 19.2. The Hall–Kier alpha value is -1.89. The highest BCUT2D eigenvalue weighted by molar-refractivity contribution is 5.78. The molecular formula is C23H42NO6+. The Morgan fingerprint density at radius 3 is 1.37 bits per heavy atom. The van der Waals surface area contributed by atoms with E-state index in [1.165, 1.54) is 25.7 Å². The van der Waals surface area contributed by atoms with Crippen LogP contribution in [0.25, 0.3) is 0 Å². The Bertz CT molecular complexity index is 505. The minimum absolute atomic E-state index is 0.144. The zero-order valence-electron chi connectivity index (χ0n) is 19.2. The Kier molecular flexibility index (Phi) is 14.0. The molecule has 7 nitrogen and oxygen atoms in total. The lowest BCUT2D eigenvalue weighted by Gasteiger charge is -2.46. The molecule has 3 unspecified atom stereocenters. The average Bonchev–Trinajstić information content (AvgIpc) is 2.67. The van der Waals surface area contributed by atoms with Crippen molar-refractivity contribution in [3.63, 3.8) is 0 Å². The minimum Gasteiger partial charge on any atom is -0.477 e. The topological polar surface area (TPSA) is 112 Å².